The van der Waals surface area contributed by atoms with Crippen LogP contribution in [0.2, 0.25) is 0 Å². The number of nitrogens with zero attached hydrogens (tertiary/aromatic N) is 1. The number of nitro groups is 1. The Morgan fingerprint density at radius 1 is 1.22 bits per heavy atom. The van der Waals surface area contributed by atoms with Crippen molar-refractivity contribution in [3.63, 3.8) is 0 Å². The molecule has 3 N–H and O–H groups in total. The number of aliphatic carboxylic acids is 1. The average molecular weight is 323 g/mol. The monoisotopic (exact) mass is 323 g/mol. The maximum atomic E-state index is 12.1. The Balaban J connectivity index is 2.48. The molecule has 1 aromatic rings. The number of anilines is 1. The van der Waals surface area contributed by atoms with Crippen LogP contribution in [0.15, 0.2) is 24.3 Å². The molecule has 8 heteroatoms. The molecule has 1 amide bonds. The summed E-state index contributed by atoms with van der Waals surface area (Å²) in [5.41, 5.74) is -0.319. The lowest BCUT2D eigenvalue weighted by atomic mass is 10.0. The second kappa shape index (κ2) is 8.11. The molecule has 0 spiro atoms. The summed E-state index contributed by atoms with van der Waals surface area (Å²) in [5.74, 6) is -1.08. The molecule has 1 aromatic carbocycles. The van der Waals surface area contributed by atoms with Gasteiger partial charge in [-0.1, -0.05) is 0 Å². The molecule has 0 aliphatic rings. The Bertz CT molecular complexity index is 569. The number of nitro benzene ring substituents is 1. The van der Waals surface area contributed by atoms with Gasteiger partial charge in [-0.2, -0.15) is 0 Å². The van der Waals surface area contributed by atoms with Crippen molar-refractivity contribution >= 4 is 23.3 Å². The molecule has 8 nitrogen and oxygen atoms in total. The van der Waals surface area contributed by atoms with Gasteiger partial charge in [-0.25, -0.2) is 0 Å². The van der Waals surface area contributed by atoms with E-state index in [1.807, 2.05) is 0 Å². The number of carboxylic acid groups (broad SMARTS) is 1. The van der Waals surface area contributed by atoms with Gasteiger partial charge in [0.15, 0.2) is 0 Å². The van der Waals surface area contributed by atoms with E-state index in [2.05, 4.69) is 10.6 Å². The number of carbonyl (C=O) groups excluding carboxylic acids is 1. The lowest BCUT2D eigenvalue weighted by Crippen LogP contribution is -2.48. The predicted octanol–water partition coefficient (Wildman–Crippen LogP) is 2.16. The minimum absolute atomic E-state index is 0.0174. The third kappa shape index (κ3) is 6.33. The van der Waals surface area contributed by atoms with Crippen LogP contribution in [-0.2, 0) is 9.59 Å². The van der Waals surface area contributed by atoms with E-state index in [9.17, 15) is 19.7 Å². The molecule has 0 aromatic heterocycles. The Morgan fingerprint density at radius 3 is 2.35 bits per heavy atom. The van der Waals surface area contributed by atoms with Gasteiger partial charge in [-0.15, -0.1) is 0 Å². The van der Waals surface area contributed by atoms with Crippen LogP contribution >= 0.6 is 0 Å². The van der Waals surface area contributed by atoms with Gasteiger partial charge in [-0.05, 0) is 38.8 Å². The van der Waals surface area contributed by atoms with E-state index in [0.29, 0.717) is 25.1 Å². The lowest BCUT2D eigenvalue weighted by Gasteiger charge is -2.26. The largest absolute Gasteiger partial charge is 0.481 e. The SMILES string of the molecule is CC(C)(Nc1ccc([N+](=O)[O-])cc1)C(=O)NCCCCC(=O)O. The number of hydrogen-bond donors (Lipinski definition) is 3. The topological polar surface area (TPSA) is 122 Å². The normalized spacial score (nSPS) is 10.9. The smallest absolute Gasteiger partial charge is 0.303 e. The Kier molecular flexibility index (Phi) is 6.49. The number of carbonyl (C=O) groups is 2. The van der Waals surface area contributed by atoms with Crippen molar-refractivity contribution in [2.45, 2.75) is 38.6 Å². The highest BCUT2D eigenvalue weighted by molar-refractivity contribution is 5.88. The Morgan fingerprint density at radius 2 is 1.83 bits per heavy atom. The summed E-state index contributed by atoms with van der Waals surface area (Å²) in [7, 11) is 0. The van der Waals surface area contributed by atoms with Gasteiger partial charge in [0.05, 0.1) is 4.92 Å². The molecule has 0 aliphatic heterocycles. The van der Waals surface area contributed by atoms with Crippen molar-refractivity contribution in [3.05, 3.63) is 34.4 Å². The fourth-order valence-electron chi connectivity index (χ4n) is 1.91. The van der Waals surface area contributed by atoms with E-state index >= 15 is 0 Å². The number of hydrogen-bond acceptors (Lipinski definition) is 5. The maximum absolute atomic E-state index is 12.1. The molecular weight excluding hydrogens is 302 g/mol. The summed E-state index contributed by atoms with van der Waals surface area (Å²) in [6, 6.07) is 5.81. The van der Waals surface area contributed by atoms with Crippen LogP contribution < -0.4 is 10.6 Å². The van der Waals surface area contributed by atoms with Crippen LogP contribution in [0.5, 0.6) is 0 Å². The van der Waals surface area contributed by atoms with Gasteiger partial charge in [-0.3, -0.25) is 19.7 Å². The van der Waals surface area contributed by atoms with E-state index in [1.54, 1.807) is 26.0 Å². The molecule has 0 aliphatic carbocycles. The third-order valence-electron chi connectivity index (χ3n) is 3.21. The first-order valence-electron chi connectivity index (χ1n) is 7.25. The molecule has 23 heavy (non-hydrogen) atoms. The number of nitrogens with one attached hydrogen (secondary N) is 2. The summed E-state index contributed by atoms with van der Waals surface area (Å²) in [6.07, 6.45) is 1.18. The van der Waals surface area contributed by atoms with Gasteiger partial charge in [0.2, 0.25) is 5.91 Å². The van der Waals surface area contributed by atoms with E-state index < -0.39 is 16.4 Å². The summed E-state index contributed by atoms with van der Waals surface area (Å²) >= 11 is 0. The van der Waals surface area contributed by atoms with Gasteiger partial charge < -0.3 is 15.7 Å². The fraction of sp³-hybridized carbons (Fsp3) is 0.467. The van der Waals surface area contributed by atoms with E-state index in [0.717, 1.165) is 0 Å². The van der Waals surface area contributed by atoms with Crippen molar-refractivity contribution in [2.75, 3.05) is 11.9 Å². The third-order valence-corrected chi connectivity index (χ3v) is 3.21. The molecule has 1 rings (SSSR count). The second-order valence-corrected chi connectivity index (χ2v) is 5.66. The molecule has 0 saturated carbocycles. The van der Waals surface area contributed by atoms with E-state index in [1.165, 1.54) is 12.1 Å². The standard InChI is InChI=1S/C15H21N3O5/c1-15(2,14(21)16-10-4-3-5-13(19)20)17-11-6-8-12(9-7-11)18(22)23/h6-9,17H,3-5,10H2,1-2H3,(H,16,21)(H,19,20). The average Bonchev–Trinajstić information content (AvgIpc) is 2.46. The van der Waals surface area contributed by atoms with Crippen LogP contribution in [-0.4, -0.2) is 34.0 Å². The summed E-state index contributed by atoms with van der Waals surface area (Å²) in [4.78, 5) is 32.6. The predicted molar refractivity (Wildman–Crippen MR) is 85.3 cm³/mol. The second-order valence-electron chi connectivity index (χ2n) is 5.66. The van der Waals surface area contributed by atoms with Crippen LogP contribution in [0.3, 0.4) is 0 Å². The number of non-ortho nitro benzene ring substituents is 1. The lowest BCUT2D eigenvalue weighted by molar-refractivity contribution is -0.384. The quantitative estimate of drug-likeness (QED) is 0.364. The highest BCUT2D eigenvalue weighted by Crippen LogP contribution is 2.19. The first-order valence-corrected chi connectivity index (χ1v) is 7.25. The van der Waals surface area contributed by atoms with Crippen molar-refractivity contribution in [1.82, 2.24) is 5.32 Å². The maximum Gasteiger partial charge on any atom is 0.303 e. The molecule has 0 fully saturated rings. The molecule has 126 valence electrons. The van der Waals surface area contributed by atoms with Crippen molar-refractivity contribution in [1.29, 1.82) is 0 Å². The summed E-state index contributed by atoms with van der Waals surface area (Å²) in [5, 5.41) is 24.9. The Labute approximate surface area is 134 Å². The molecule has 0 unspecified atom stereocenters. The first-order chi connectivity index (χ1) is 10.7. The first kappa shape index (κ1) is 18.4. The van der Waals surface area contributed by atoms with Gasteiger partial charge >= 0.3 is 5.97 Å². The minimum atomic E-state index is -0.900. The highest BCUT2D eigenvalue weighted by atomic mass is 16.6. The number of carboxylic acids is 1. The number of amides is 1. The van der Waals surface area contributed by atoms with Gasteiger partial charge in [0.1, 0.15) is 5.54 Å². The zero-order valence-corrected chi connectivity index (χ0v) is 13.2. The number of unbranched alkanes of at least 4 members (excludes halogenated alkanes) is 1. The highest BCUT2D eigenvalue weighted by Gasteiger charge is 2.27. The van der Waals surface area contributed by atoms with E-state index in [4.69, 9.17) is 5.11 Å². The van der Waals surface area contributed by atoms with Crippen molar-refractivity contribution < 1.29 is 19.6 Å². The van der Waals surface area contributed by atoms with Crippen LogP contribution in [0, 0.1) is 10.1 Å². The molecule has 0 heterocycles. The summed E-state index contributed by atoms with van der Waals surface area (Å²) < 4.78 is 0. The molecule has 0 bridgehead atoms. The van der Waals surface area contributed by atoms with Gasteiger partial charge in [0, 0.05) is 30.8 Å². The van der Waals surface area contributed by atoms with Crippen LogP contribution in [0.1, 0.15) is 33.1 Å². The molecule has 0 atom stereocenters. The van der Waals surface area contributed by atoms with E-state index in [-0.39, 0.29) is 18.0 Å². The molecular formula is C15H21N3O5. The fourth-order valence-corrected chi connectivity index (χ4v) is 1.91. The van der Waals surface area contributed by atoms with Gasteiger partial charge in [0.25, 0.3) is 5.69 Å². The zero-order valence-electron chi connectivity index (χ0n) is 13.2. The van der Waals surface area contributed by atoms with Crippen LogP contribution in [0.4, 0.5) is 11.4 Å². The minimum Gasteiger partial charge on any atom is -0.481 e. The number of rotatable bonds is 9. The molecule has 0 saturated heterocycles. The molecule has 0 radical (unpaired) electrons. The summed E-state index contributed by atoms with van der Waals surface area (Å²) in [6.45, 7) is 3.79. The van der Waals surface area contributed by atoms with Crippen molar-refractivity contribution in [3.8, 4) is 0 Å². The van der Waals surface area contributed by atoms with Crippen molar-refractivity contribution in [2.24, 2.45) is 0 Å². The van der Waals surface area contributed by atoms with Crippen LogP contribution in [0.25, 0.3) is 0 Å². The Hall–Kier alpha value is -2.64. The zero-order chi connectivity index (χ0) is 17.5. The number of benzene rings is 1.